The highest BCUT2D eigenvalue weighted by molar-refractivity contribution is 6.31. The van der Waals surface area contributed by atoms with Crippen LogP contribution in [0.25, 0.3) is 112 Å². The Morgan fingerprint density at radius 3 is 1.03 bits per heavy atom. The zero-order valence-electron chi connectivity index (χ0n) is 83.5. The molecule has 9 heterocycles. The van der Waals surface area contributed by atoms with Crippen molar-refractivity contribution in [2.75, 3.05) is 48.7 Å². The maximum Gasteiger partial charge on any atom is 0.573 e. The van der Waals surface area contributed by atoms with E-state index in [1.807, 2.05) is 251 Å². The molecule has 0 unspecified atom stereocenters. The Morgan fingerprint density at radius 2 is 0.691 bits per heavy atom. The van der Waals surface area contributed by atoms with Gasteiger partial charge in [0.1, 0.15) is 11.6 Å². The van der Waals surface area contributed by atoms with Crippen molar-refractivity contribution in [1.82, 2.24) is 58.1 Å². The number of anilines is 8. The normalized spacial score (nSPS) is 16.0. The molecular weight excluding hydrogens is 1920 g/mol. The molecule has 752 valence electrons. The third-order valence-electron chi connectivity index (χ3n) is 26.8. The fourth-order valence-electron chi connectivity index (χ4n) is 19.3. The Balaban J connectivity index is 0.000000121. The van der Waals surface area contributed by atoms with Crippen LogP contribution in [0, 0.1) is 33.5 Å². The molecule has 6 aliphatic carbocycles. The van der Waals surface area contributed by atoms with Gasteiger partial charge in [0.2, 0.25) is 0 Å². The molecule has 2 saturated carbocycles. The molecule has 0 amide bonds. The van der Waals surface area contributed by atoms with Crippen LogP contribution in [0.4, 0.5) is 63.1 Å². The summed E-state index contributed by atoms with van der Waals surface area (Å²) < 4.78 is 81.5. The predicted octanol–water partition coefficient (Wildman–Crippen LogP) is 26.8. The molecule has 30 heteroatoms. The van der Waals surface area contributed by atoms with Gasteiger partial charge in [0.25, 0.3) is 0 Å². The summed E-state index contributed by atoms with van der Waals surface area (Å²) in [4.78, 5) is 58.2. The van der Waals surface area contributed by atoms with Gasteiger partial charge in [0, 0.05) is 90.1 Å². The van der Waals surface area contributed by atoms with Crippen molar-refractivity contribution in [3.05, 3.63) is 376 Å². The van der Waals surface area contributed by atoms with Crippen LogP contribution in [0.2, 0.25) is 10.0 Å². The molecule has 12 aromatic rings. The molecule has 0 spiro atoms. The van der Waals surface area contributed by atoms with Gasteiger partial charge in [-0.25, -0.2) is 24.3 Å². The van der Waals surface area contributed by atoms with Gasteiger partial charge in [-0.05, 0) is 348 Å². The molecule has 8 aromatic carbocycles. The lowest BCUT2D eigenvalue weighted by Gasteiger charge is -2.25. The number of halogens is 6. The summed E-state index contributed by atoms with van der Waals surface area (Å²) in [7, 11) is 3.55. The minimum absolute atomic E-state index is 0.102. The number of benzene rings is 12. The van der Waals surface area contributed by atoms with E-state index in [2.05, 4.69) is 110 Å². The van der Waals surface area contributed by atoms with Crippen LogP contribution in [-0.2, 0) is 14.2 Å². The third-order valence-corrected chi connectivity index (χ3v) is 27.3. The Bertz CT molecular complexity index is 8340. The number of ether oxygens (including phenoxy) is 4. The van der Waals surface area contributed by atoms with E-state index in [-0.39, 0.29) is 41.8 Å². The highest BCUT2D eigenvalue weighted by Crippen LogP contribution is 2.40. The Hall–Kier alpha value is -16.0. The minimum Gasteiger partial charge on any atom is -0.406 e. The summed E-state index contributed by atoms with van der Waals surface area (Å²) >= 11 is 12.5. The quantitative estimate of drug-likeness (QED) is 0.0433. The average Bonchev–Trinajstić information content (AvgIpc) is 0.754. The fourth-order valence-corrected chi connectivity index (χ4v) is 19.5. The van der Waals surface area contributed by atoms with Crippen LogP contribution in [0.5, 0.6) is 5.75 Å². The number of hydrogen-bond donors (Lipinski definition) is 4. The molecule has 0 bridgehead atoms. The first-order chi connectivity index (χ1) is 72.5. The largest absolute Gasteiger partial charge is 0.573 e. The van der Waals surface area contributed by atoms with E-state index < -0.39 is 6.36 Å². The van der Waals surface area contributed by atoms with Crippen molar-refractivity contribution < 1.29 is 36.5 Å². The van der Waals surface area contributed by atoms with Gasteiger partial charge in [0.05, 0.1) is 211 Å². The van der Waals surface area contributed by atoms with Crippen molar-refractivity contribution in [2.45, 2.75) is 148 Å². The van der Waals surface area contributed by atoms with Crippen molar-refractivity contribution >= 4 is 113 Å². The molecule has 3 fully saturated rings. The highest BCUT2D eigenvalue weighted by Gasteiger charge is 2.32. The zero-order chi connectivity index (χ0) is 103. The highest BCUT2D eigenvalue weighted by atomic mass is 35.5. The number of para-hydroxylation sites is 8. The number of pyridine rings is 4. The number of alkyl halides is 3. The zero-order valence-corrected chi connectivity index (χ0v) is 85.0. The second kappa shape index (κ2) is 45.2. The van der Waals surface area contributed by atoms with Gasteiger partial charge in [-0.1, -0.05) is 71.7 Å². The number of aromatic nitrogens is 12. The van der Waals surface area contributed by atoms with Crippen LogP contribution < -0.4 is 47.4 Å². The van der Waals surface area contributed by atoms with Crippen molar-refractivity contribution in [3.63, 3.8) is 0 Å². The van der Waals surface area contributed by atoms with Gasteiger partial charge in [-0.2, -0.15) is 0 Å². The molecule has 0 atom stereocenters. The molecule has 1 saturated heterocycles. The number of rotatable bonds is 19. The second-order valence-electron chi connectivity index (χ2n) is 37.6. The van der Waals surface area contributed by atoms with E-state index >= 15 is 0 Å². The molecule has 5 aliphatic heterocycles. The number of nitrogens with one attached hydrogen (secondary N) is 4. The van der Waals surface area contributed by atoms with Gasteiger partial charge < -0.3 is 58.5 Å². The van der Waals surface area contributed by atoms with E-state index in [1.54, 1.807) is 50.9 Å². The van der Waals surface area contributed by atoms with Crippen LogP contribution in [-0.4, -0.2) is 128 Å². The topological polar surface area (TPSA) is 257 Å². The summed E-state index contributed by atoms with van der Waals surface area (Å²) in [5.74, 6) is -0.550. The van der Waals surface area contributed by atoms with E-state index in [4.69, 9.17) is 77.3 Å². The van der Waals surface area contributed by atoms with Crippen molar-refractivity contribution in [2.24, 2.45) is 20.0 Å². The molecule has 4 N–H and O–H groups in total. The third kappa shape index (κ3) is 23.7. The van der Waals surface area contributed by atoms with Crippen molar-refractivity contribution in [3.8, 4) is 74.1 Å². The molecule has 11 aliphatic rings. The van der Waals surface area contributed by atoms with Crippen LogP contribution in [0.1, 0.15) is 101 Å². The van der Waals surface area contributed by atoms with Crippen LogP contribution in [0.15, 0.2) is 336 Å². The lowest BCUT2D eigenvalue weighted by Crippen LogP contribution is -2.25. The minimum atomic E-state index is -4.76. The SMILES string of the molecule is COC1CCC(N=c2cc3n(-c4ccc(Cl)cc4)c4ccccc4nc-3cc2Nc2ccc(C)nc2)CC1.COC1CCC(N=c2cc3n(-c4ccc(OC(F)(F)F)cc4)c4ccccc4nc-3cc2Nc2cccnc2C)CC1.Cc1ccc(Nc2cc3nc4ccccc4n(-c4ccc(Cl)cc4)c-3cc2=NC2CCOCC2)cn1.Cc1ncccc1Nc1cc2nc3ccccc3n(-c3ccc(F)cc3)c-2cc1=NC(C)C. The maximum absolute atomic E-state index is 13.7. The standard InChI is InChI=1S/C32H30F3N5O2.C31H30ClN5O.C29H26ClN5O.C27H24FN5/c1-20-25(7-5-17-36-20)38-27-18-29-31(19-28(27)37-21-9-13-23(41-2)14-10-21)40(30-8-4-3-6-26(30)39-29)22-11-15-24(16-12-22)42-32(33,34)35;1-20-7-10-23(19-33-20)35-27-17-29-31(18-28(27)34-22-11-15-25(38-2)16-12-22)37(24-13-8-21(32)9-14-24)30-6-4-3-5-26(30)36-29;1-19-6-9-22(18-31-19)33-25-16-27-29(17-26(25)32-21-12-14-36-15-13-21)35(23-10-7-20(30)8-11-23)28-5-3-2-4-24(28)34-27;1-17(2)30-24-16-27-25(15-23(24)31-21-8-6-14-29-18(21)3)32-22-7-4-5-9-26(22)33(27)20-12-10-19(28)11-13-20/h3-8,11-12,15-19,21,23,38H,9-10,13-14H2,1-2H3;3-10,13-14,17-19,22,25,35H,11-12,15-16H2,1-2H3;2-11,16-18,21,33H,12-15H2,1H3;4-17,31H,1-3H3. The molecule has 0 radical (unpaired) electrons. The smallest absolute Gasteiger partial charge is 0.406 e. The second-order valence-corrected chi connectivity index (χ2v) is 38.5. The first-order valence-corrected chi connectivity index (χ1v) is 50.8. The first-order valence-electron chi connectivity index (χ1n) is 50.0. The van der Waals surface area contributed by atoms with E-state index in [0.29, 0.717) is 27.5 Å². The Morgan fingerprint density at radius 1 is 0.362 bits per heavy atom. The van der Waals surface area contributed by atoms with Gasteiger partial charge in [-0.15, -0.1) is 13.2 Å². The summed E-state index contributed by atoms with van der Waals surface area (Å²) in [6.45, 7) is 13.5. The molecule has 24 nitrogen and oxygen atoms in total. The number of fused-ring (bicyclic) bond motifs is 8. The Labute approximate surface area is 869 Å². The van der Waals surface area contributed by atoms with E-state index in [9.17, 15) is 17.6 Å². The summed E-state index contributed by atoms with van der Waals surface area (Å²) in [5.41, 5.74) is 28.5. The summed E-state index contributed by atoms with van der Waals surface area (Å²) in [5, 5.41) is 19.0. The van der Waals surface area contributed by atoms with Crippen molar-refractivity contribution in [1.29, 1.82) is 0 Å². The summed E-state index contributed by atoms with van der Waals surface area (Å²) in [6.07, 6.45) is 12.7. The molecule has 4 aromatic heterocycles. The predicted molar refractivity (Wildman–Crippen MR) is 584 cm³/mol. The maximum atomic E-state index is 13.7. The average molecular weight is 2030 g/mol. The van der Waals surface area contributed by atoms with Gasteiger partial charge in [0.15, 0.2) is 0 Å². The van der Waals surface area contributed by atoms with Gasteiger partial charge >= 0.3 is 6.36 Å². The lowest BCUT2D eigenvalue weighted by molar-refractivity contribution is -0.274. The summed E-state index contributed by atoms with van der Waals surface area (Å²) in [6, 6.07) is 93.3. The van der Waals surface area contributed by atoms with Gasteiger partial charge in [-0.3, -0.25) is 39.9 Å². The van der Waals surface area contributed by atoms with E-state index in [0.717, 1.165) is 268 Å². The number of nitrogens with zero attached hydrogens (tertiary/aromatic N) is 16. The molecular formula is C119H110Cl2F4N20O4. The first kappa shape index (κ1) is 100. The molecule has 149 heavy (non-hydrogen) atoms. The monoisotopic (exact) mass is 2030 g/mol. The fraction of sp³-hybridized carbons (Fsp3) is 0.227. The van der Waals surface area contributed by atoms with E-state index in [1.165, 1.54) is 24.3 Å². The Kier molecular flexibility index (Phi) is 30.4. The number of methoxy groups -OCH3 is 2. The number of aryl methyl sites for hydroxylation is 4. The number of hydrogen-bond acceptors (Lipinski definition) is 20. The van der Waals surface area contributed by atoms with Crippen LogP contribution in [0.3, 0.4) is 0 Å². The van der Waals surface area contributed by atoms with Crippen LogP contribution >= 0.6 is 23.2 Å². The molecule has 23 rings (SSSR count). The lowest BCUT2D eigenvalue weighted by atomic mass is 9.93.